The predicted molar refractivity (Wildman–Crippen MR) is 72.4 cm³/mol. The Balaban J connectivity index is 1.82. The van der Waals surface area contributed by atoms with Crippen LogP contribution in [-0.4, -0.2) is 19.1 Å². The van der Waals surface area contributed by atoms with Crippen LogP contribution in [0.4, 0.5) is 0 Å². The maximum absolute atomic E-state index is 11.9. The van der Waals surface area contributed by atoms with Gasteiger partial charge in [0.25, 0.3) is 5.91 Å². The van der Waals surface area contributed by atoms with Gasteiger partial charge in [0.1, 0.15) is 5.75 Å². The lowest BCUT2D eigenvalue weighted by Crippen LogP contribution is -2.25. The molecule has 0 fully saturated rings. The highest BCUT2D eigenvalue weighted by atomic mass is 16.5. The quantitative estimate of drug-likeness (QED) is 0.867. The van der Waals surface area contributed by atoms with E-state index in [4.69, 9.17) is 9.15 Å². The van der Waals surface area contributed by atoms with E-state index in [0.29, 0.717) is 18.7 Å². The normalized spacial score (nSPS) is 10.2. The number of carbonyl (C=O) groups excluding carboxylic acids is 1. The molecule has 1 aromatic heterocycles. The van der Waals surface area contributed by atoms with Gasteiger partial charge in [0, 0.05) is 12.1 Å². The Morgan fingerprint density at radius 2 is 2.05 bits per heavy atom. The van der Waals surface area contributed by atoms with E-state index < -0.39 is 0 Å². The first-order valence-electron chi connectivity index (χ1n) is 6.31. The van der Waals surface area contributed by atoms with Crippen LogP contribution < -0.4 is 10.1 Å². The van der Waals surface area contributed by atoms with Crippen LogP contribution in [0.15, 0.2) is 47.3 Å². The van der Waals surface area contributed by atoms with Crippen molar-refractivity contribution in [3.05, 3.63) is 54.0 Å². The highest BCUT2D eigenvalue weighted by molar-refractivity contribution is 5.94. The molecule has 0 unspecified atom stereocenters. The molecule has 0 atom stereocenters. The predicted octanol–water partition coefficient (Wildman–Crippen LogP) is 2.65. The molecule has 1 aromatic carbocycles. The molecule has 0 saturated heterocycles. The van der Waals surface area contributed by atoms with Crippen molar-refractivity contribution in [1.29, 1.82) is 0 Å². The molecule has 0 aliphatic carbocycles. The van der Waals surface area contributed by atoms with Gasteiger partial charge in [0.2, 0.25) is 0 Å². The Morgan fingerprint density at radius 3 is 2.68 bits per heavy atom. The number of carbonyl (C=O) groups is 1. The first-order valence-corrected chi connectivity index (χ1v) is 6.31. The second-order valence-corrected chi connectivity index (χ2v) is 4.09. The number of nitrogens with one attached hydrogen (secondary N) is 1. The fourth-order valence-corrected chi connectivity index (χ4v) is 1.73. The highest BCUT2D eigenvalue weighted by Crippen LogP contribution is 2.11. The molecule has 19 heavy (non-hydrogen) atoms. The summed E-state index contributed by atoms with van der Waals surface area (Å²) < 4.78 is 10.3. The summed E-state index contributed by atoms with van der Waals surface area (Å²) in [5, 5.41) is 2.87. The lowest BCUT2D eigenvalue weighted by atomic mass is 10.2. The van der Waals surface area contributed by atoms with Gasteiger partial charge in [-0.05, 0) is 49.2 Å². The third kappa shape index (κ3) is 3.88. The molecule has 0 saturated carbocycles. The molecule has 0 aliphatic rings. The molecule has 0 aliphatic heterocycles. The van der Waals surface area contributed by atoms with Crippen LogP contribution in [0.1, 0.15) is 22.8 Å². The zero-order chi connectivity index (χ0) is 13.5. The number of rotatable bonds is 6. The molecule has 4 heteroatoms. The molecule has 1 N–H and O–H groups in total. The van der Waals surface area contributed by atoms with Crippen molar-refractivity contribution in [3.8, 4) is 5.75 Å². The van der Waals surface area contributed by atoms with Crippen molar-refractivity contribution in [1.82, 2.24) is 5.32 Å². The van der Waals surface area contributed by atoms with Gasteiger partial charge in [-0.3, -0.25) is 4.79 Å². The third-order valence-electron chi connectivity index (χ3n) is 2.71. The lowest BCUT2D eigenvalue weighted by Gasteiger charge is -2.06. The molecule has 1 amide bonds. The molecule has 2 rings (SSSR count). The van der Waals surface area contributed by atoms with Crippen molar-refractivity contribution in [2.24, 2.45) is 0 Å². The summed E-state index contributed by atoms with van der Waals surface area (Å²) in [5.41, 5.74) is 1.71. The highest BCUT2D eigenvalue weighted by Gasteiger charge is 2.05. The number of ether oxygens (including phenoxy) is 1. The Bertz CT molecular complexity index is 503. The van der Waals surface area contributed by atoms with E-state index in [2.05, 4.69) is 5.32 Å². The van der Waals surface area contributed by atoms with Crippen LogP contribution >= 0.6 is 0 Å². The van der Waals surface area contributed by atoms with Gasteiger partial charge in [-0.1, -0.05) is 0 Å². The Morgan fingerprint density at radius 1 is 1.26 bits per heavy atom. The number of hydrogen-bond acceptors (Lipinski definition) is 3. The molecule has 2 aromatic rings. The first-order chi connectivity index (χ1) is 9.29. The van der Waals surface area contributed by atoms with E-state index in [0.717, 1.165) is 17.7 Å². The van der Waals surface area contributed by atoms with Crippen LogP contribution in [0, 0.1) is 0 Å². The molecular weight excluding hydrogens is 242 g/mol. The van der Waals surface area contributed by atoms with Crippen molar-refractivity contribution >= 4 is 5.91 Å². The van der Waals surface area contributed by atoms with Crippen molar-refractivity contribution in [3.63, 3.8) is 0 Å². The van der Waals surface area contributed by atoms with Gasteiger partial charge in [-0.25, -0.2) is 0 Å². The molecular formula is C15H17NO3. The maximum Gasteiger partial charge on any atom is 0.251 e. The van der Waals surface area contributed by atoms with E-state index in [1.54, 1.807) is 36.8 Å². The molecule has 1 heterocycles. The Labute approximate surface area is 112 Å². The van der Waals surface area contributed by atoms with Gasteiger partial charge in [0.15, 0.2) is 0 Å². The number of amides is 1. The van der Waals surface area contributed by atoms with Gasteiger partial charge < -0.3 is 14.5 Å². The largest absolute Gasteiger partial charge is 0.494 e. The molecule has 0 bridgehead atoms. The summed E-state index contributed by atoms with van der Waals surface area (Å²) >= 11 is 0. The van der Waals surface area contributed by atoms with E-state index >= 15 is 0 Å². The van der Waals surface area contributed by atoms with Crippen molar-refractivity contribution in [2.45, 2.75) is 13.3 Å². The fraction of sp³-hybridized carbons (Fsp3) is 0.267. The first kappa shape index (κ1) is 13.2. The van der Waals surface area contributed by atoms with Crippen LogP contribution in [0.25, 0.3) is 0 Å². The average Bonchev–Trinajstić information content (AvgIpc) is 2.93. The summed E-state index contributed by atoms with van der Waals surface area (Å²) in [4.78, 5) is 11.9. The van der Waals surface area contributed by atoms with Gasteiger partial charge in [0.05, 0.1) is 19.1 Å². The second kappa shape index (κ2) is 6.64. The lowest BCUT2D eigenvalue weighted by molar-refractivity contribution is 0.0954. The summed E-state index contributed by atoms with van der Waals surface area (Å²) in [7, 11) is 0. The van der Waals surface area contributed by atoms with Crippen LogP contribution in [0.5, 0.6) is 5.75 Å². The summed E-state index contributed by atoms with van der Waals surface area (Å²) in [6, 6.07) is 9.02. The van der Waals surface area contributed by atoms with E-state index in [9.17, 15) is 4.79 Å². The Hall–Kier alpha value is -2.23. The van der Waals surface area contributed by atoms with Gasteiger partial charge in [-0.2, -0.15) is 0 Å². The van der Waals surface area contributed by atoms with E-state index in [1.807, 2.05) is 13.0 Å². The smallest absolute Gasteiger partial charge is 0.251 e. The molecule has 0 spiro atoms. The zero-order valence-electron chi connectivity index (χ0n) is 10.9. The van der Waals surface area contributed by atoms with Crippen LogP contribution in [-0.2, 0) is 6.42 Å². The van der Waals surface area contributed by atoms with E-state index in [1.165, 1.54) is 0 Å². The fourth-order valence-electron chi connectivity index (χ4n) is 1.73. The van der Waals surface area contributed by atoms with Gasteiger partial charge in [-0.15, -0.1) is 0 Å². The third-order valence-corrected chi connectivity index (χ3v) is 2.71. The average molecular weight is 259 g/mol. The standard InChI is InChI=1S/C15H17NO3/c1-2-19-14-5-3-13(4-6-14)15(17)16-9-7-12-8-10-18-11-12/h3-6,8,10-11H,2,7,9H2,1H3,(H,16,17). The molecule has 100 valence electrons. The van der Waals surface area contributed by atoms with Crippen molar-refractivity contribution in [2.75, 3.05) is 13.2 Å². The topological polar surface area (TPSA) is 51.5 Å². The minimum atomic E-state index is -0.0773. The minimum absolute atomic E-state index is 0.0773. The maximum atomic E-state index is 11.9. The number of hydrogen-bond donors (Lipinski definition) is 1. The summed E-state index contributed by atoms with van der Waals surface area (Å²) in [6.07, 6.45) is 4.08. The van der Waals surface area contributed by atoms with Gasteiger partial charge >= 0.3 is 0 Å². The second-order valence-electron chi connectivity index (χ2n) is 4.09. The molecule has 0 radical (unpaired) electrons. The Kier molecular flexibility index (Phi) is 4.61. The monoisotopic (exact) mass is 259 g/mol. The van der Waals surface area contributed by atoms with Crippen LogP contribution in [0.3, 0.4) is 0 Å². The summed E-state index contributed by atoms with van der Waals surface area (Å²) in [5.74, 6) is 0.698. The van der Waals surface area contributed by atoms with Crippen molar-refractivity contribution < 1.29 is 13.9 Å². The summed E-state index contributed by atoms with van der Waals surface area (Å²) in [6.45, 7) is 3.14. The van der Waals surface area contributed by atoms with E-state index in [-0.39, 0.29) is 5.91 Å². The van der Waals surface area contributed by atoms with Crippen LogP contribution in [0.2, 0.25) is 0 Å². The number of benzene rings is 1. The SMILES string of the molecule is CCOc1ccc(C(=O)NCCc2ccoc2)cc1. The minimum Gasteiger partial charge on any atom is -0.494 e. The number of furan rings is 1. The zero-order valence-corrected chi connectivity index (χ0v) is 10.9. The molecule has 4 nitrogen and oxygen atoms in total.